The molecule has 2 heterocycles. The summed E-state index contributed by atoms with van der Waals surface area (Å²) in [7, 11) is 0. The fourth-order valence-electron chi connectivity index (χ4n) is 1.11. The van der Waals surface area contributed by atoms with Crippen LogP contribution in [-0.2, 0) is 0 Å². The lowest BCUT2D eigenvalue weighted by atomic mass is 10.2. The minimum atomic E-state index is 1.25. The summed E-state index contributed by atoms with van der Waals surface area (Å²) in [5.74, 6) is 0. The Morgan fingerprint density at radius 3 is 2.42 bits per heavy atom. The van der Waals surface area contributed by atoms with Crippen LogP contribution in [0, 0.1) is 6.92 Å². The van der Waals surface area contributed by atoms with Gasteiger partial charge in [-0.25, -0.2) is 0 Å². The minimum Gasteiger partial charge on any atom is -0.265 e. The summed E-state index contributed by atoms with van der Waals surface area (Å²) in [5, 5.41) is 0. The molecule has 2 aromatic heterocycles. The first-order valence-corrected chi connectivity index (χ1v) is 4.65. The predicted molar refractivity (Wildman–Crippen MR) is 52.3 cm³/mol. The van der Waals surface area contributed by atoms with Crippen molar-refractivity contribution in [1.82, 2.24) is 4.98 Å². The Labute approximate surface area is 75.7 Å². The Morgan fingerprint density at radius 2 is 1.83 bits per heavy atom. The van der Waals surface area contributed by atoms with Gasteiger partial charge < -0.3 is 0 Å². The van der Waals surface area contributed by atoms with Gasteiger partial charge in [-0.15, -0.1) is 11.3 Å². The predicted octanol–water partition coefficient (Wildman–Crippen LogP) is 3.12. The summed E-state index contributed by atoms with van der Waals surface area (Å²) in [6, 6.07) is 8.35. The molecule has 0 aliphatic carbocycles. The first-order valence-electron chi connectivity index (χ1n) is 3.83. The van der Waals surface area contributed by atoms with E-state index in [-0.39, 0.29) is 0 Å². The van der Waals surface area contributed by atoms with Crippen LogP contribution in [0.25, 0.3) is 10.4 Å². The third-order valence-corrected chi connectivity index (χ3v) is 2.75. The van der Waals surface area contributed by atoms with Crippen molar-refractivity contribution in [3.63, 3.8) is 0 Å². The highest BCUT2D eigenvalue weighted by Crippen LogP contribution is 2.26. The Morgan fingerprint density at radius 1 is 1.08 bits per heavy atom. The first kappa shape index (κ1) is 7.50. The maximum absolute atomic E-state index is 3.98. The molecule has 0 aliphatic heterocycles. The molecule has 60 valence electrons. The van der Waals surface area contributed by atoms with Crippen LogP contribution in [0.3, 0.4) is 0 Å². The summed E-state index contributed by atoms with van der Waals surface area (Å²) < 4.78 is 0. The van der Waals surface area contributed by atoms with Gasteiger partial charge in [-0.1, -0.05) is 0 Å². The van der Waals surface area contributed by atoms with E-state index in [0.717, 1.165) is 0 Å². The molecule has 1 nitrogen and oxygen atoms in total. The zero-order valence-corrected chi connectivity index (χ0v) is 7.64. The normalized spacial score (nSPS) is 10.1. The fourth-order valence-corrected chi connectivity index (χ4v) is 1.98. The molecule has 12 heavy (non-hydrogen) atoms. The molecule has 0 radical (unpaired) electrons. The zero-order chi connectivity index (χ0) is 8.39. The topological polar surface area (TPSA) is 12.9 Å². The Kier molecular flexibility index (Phi) is 1.92. The zero-order valence-electron chi connectivity index (χ0n) is 6.82. The van der Waals surface area contributed by atoms with Crippen LogP contribution >= 0.6 is 11.3 Å². The summed E-state index contributed by atoms with van der Waals surface area (Å²) in [6.45, 7) is 2.12. The fraction of sp³-hybridized carbons (Fsp3) is 0.100. The van der Waals surface area contributed by atoms with E-state index in [4.69, 9.17) is 0 Å². The van der Waals surface area contributed by atoms with Crippen molar-refractivity contribution < 1.29 is 0 Å². The van der Waals surface area contributed by atoms with Crippen LogP contribution in [0.2, 0.25) is 0 Å². The number of rotatable bonds is 1. The lowest BCUT2D eigenvalue weighted by Gasteiger charge is -1.93. The summed E-state index contributed by atoms with van der Waals surface area (Å²) in [6.07, 6.45) is 3.65. The third-order valence-electron chi connectivity index (χ3n) is 1.71. The average molecular weight is 175 g/mol. The van der Waals surface area contributed by atoms with Crippen LogP contribution in [0.1, 0.15) is 4.88 Å². The second-order valence-corrected chi connectivity index (χ2v) is 3.93. The van der Waals surface area contributed by atoms with Crippen molar-refractivity contribution in [2.75, 3.05) is 0 Å². The Bertz CT molecular complexity index is 364. The van der Waals surface area contributed by atoms with E-state index in [1.807, 2.05) is 35.9 Å². The molecule has 0 atom stereocenters. The second-order valence-electron chi connectivity index (χ2n) is 2.65. The quantitative estimate of drug-likeness (QED) is 0.649. The molecule has 0 unspecified atom stereocenters. The van der Waals surface area contributed by atoms with E-state index in [1.165, 1.54) is 15.3 Å². The smallest absolute Gasteiger partial charge is 0.0346 e. The van der Waals surface area contributed by atoms with Crippen molar-refractivity contribution >= 4 is 11.3 Å². The van der Waals surface area contributed by atoms with Gasteiger partial charge in [0.2, 0.25) is 0 Å². The molecule has 0 amide bonds. The highest BCUT2D eigenvalue weighted by Gasteiger charge is 1.97. The number of aryl methyl sites for hydroxylation is 1. The van der Waals surface area contributed by atoms with Gasteiger partial charge in [-0.2, -0.15) is 0 Å². The van der Waals surface area contributed by atoms with Crippen molar-refractivity contribution in [2.24, 2.45) is 0 Å². The second kappa shape index (κ2) is 3.07. The lowest BCUT2D eigenvalue weighted by Crippen LogP contribution is -1.71. The SMILES string of the molecule is Cc1ccc(-c2ccncc2)s1. The van der Waals surface area contributed by atoms with Gasteiger partial charge in [0.05, 0.1) is 0 Å². The van der Waals surface area contributed by atoms with Crippen LogP contribution < -0.4 is 0 Å². The molecule has 2 aromatic rings. The highest BCUT2D eigenvalue weighted by molar-refractivity contribution is 7.15. The maximum Gasteiger partial charge on any atom is 0.0346 e. The van der Waals surface area contributed by atoms with E-state index in [9.17, 15) is 0 Å². The summed E-state index contributed by atoms with van der Waals surface area (Å²) in [4.78, 5) is 6.65. The molecular weight excluding hydrogens is 166 g/mol. The Hall–Kier alpha value is -1.15. The number of thiophene rings is 1. The molecule has 2 rings (SSSR count). The summed E-state index contributed by atoms with van der Waals surface area (Å²) in [5.41, 5.74) is 1.25. The van der Waals surface area contributed by atoms with Gasteiger partial charge >= 0.3 is 0 Å². The molecule has 0 fully saturated rings. The molecule has 0 aliphatic rings. The molecule has 0 saturated carbocycles. The van der Waals surface area contributed by atoms with E-state index < -0.39 is 0 Å². The van der Waals surface area contributed by atoms with Crippen LogP contribution in [0.5, 0.6) is 0 Å². The van der Waals surface area contributed by atoms with Crippen molar-refractivity contribution in [3.8, 4) is 10.4 Å². The van der Waals surface area contributed by atoms with Gasteiger partial charge in [0.25, 0.3) is 0 Å². The van der Waals surface area contributed by atoms with Crippen LogP contribution in [0.15, 0.2) is 36.7 Å². The first-order chi connectivity index (χ1) is 5.86. The molecule has 0 saturated heterocycles. The van der Waals surface area contributed by atoms with Crippen molar-refractivity contribution in [3.05, 3.63) is 41.5 Å². The number of hydrogen-bond acceptors (Lipinski definition) is 2. The molecule has 0 spiro atoms. The standard InChI is InChI=1S/C10H9NS/c1-8-2-3-10(12-8)9-4-6-11-7-5-9/h2-7H,1H3. The highest BCUT2D eigenvalue weighted by atomic mass is 32.1. The van der Waals surface area contributed by atoms with Crippen molar-refractivity contribution in [1.29, 1.82) is 0 Å². The van der Waals surface area contributed by atoms with Gasteiger partial charge in [0.1, 0.15) is 0 Å². The van der Waals surface area contributed by atoms with Crippen molar-refractivity contribution in [2.45, 2.75) is 6.92 Å². The van der Waals surface area contributed by atoms with Gasteiger partial charge in [-0.05, 0) is 36.8 Å². The number of nitrogens with zero attached hydrogens (tertiary/aromatic N) is 1. The summed E-state index contributed by atoms with van der Waals surface area (Å²) >= 11 is 1.81. The van der Waals surface area contributed by atoms with Gasteiger partial charge in [0, 0.05) is 22.1 Å². The van der Waals surface area contributed by atoms with E-state index in [1.54, 1.807) is 0 Å². The minimum absolute atomic E-state index is 1.25. The van der Waals surface area contributed by atoms with Crippen LogP contribution in [0.4, 0.5) is 0 Å². The molecule has 0 bridgehead atoms. The largest absolute Gasteiger partial charge is 0.265 e. The van der Waals surface area contributed by atoms with E-state index in [2.05, 4.69) is 24.0 Å². The monoisotopic (exact) mass is 175 g/mol. The van der Waals surface area contributed by atoms with E-state index in [0.29, 0.717) is 0 Å². The molecular formula is C10H9NS. The molecule has 2 heteroatoms. The van der Waals surface area contributed by atoms with Gasteiger partial charge in [-0.3, -0.25) is 4.98 Å². The molecule has 0 N–H and O–H groups in total. The third kappa shape index (κ3) is 1.38. The lowest BCUT2D eigenvalue weighted by molar-refractivity contribution is 1.33. The number of hydrogen-bond donors (Lipinski definition) is 0. The number of pyridine rings is 1. The van der Waals surface area contributed by atoms with Crippen LogP contribution in [-0.4, -0.2) is 4.98 Å². The van der Waals surface area contributed by atoms with E-state index >= 15 is 0 Å². The number of aromatic nitrogens is 1. The average Bonchev–Trinajstić information content (AvgIpc) is 2.54. The van der Waals surface area contributed by atoms with Gasteiger partial charge in [0.15, 0.2) is 0 Å². The maximum atomic E-state index is 3.98. The molecule has 0 aromatic carbocycles. The Balaban J connectivity index is 2.45.